The van der Waals surface area contributed by atoms with E-state index >= 15 is 0 Å². The minimum atomic E-state index is 0.325. The van der Waals surface area contributed by atoms with Crippen LogP contribution in [0.4, 0.5) is 5.95 Å². The van der Waals surface area contributed by atoms with Crippen molar-refractivity contribution in [3.8, 4) is 0 Å². The Hall–Kier alpha value is -2.36. The predicted molar refractivity (Wildman–Crippen MR) is 84.4 cm³/mol. The number of nitrogens with zero attached hydrogens (tertiary/aromatic N) is 3. The van der Waals surface area contributed by atoms with Gasteiger partial charge >= 0.3 is 0 Å². The highest BCUT2D eigenvalue weighted by Crippen LogP contribution is 2.34. The predicted octanol–water partition coefficient (Wildman–Crippen LogP) is 3.61. The second-order valence-corrected chi connectivity index (χ2v) is 5.63. The number of H-pyrrole nitrogens is 1. The van der Waals surface area contributed by atoms with Gasteiger partial charge in [0, 0.05) is 12.2 Å². The molecule has 0 radical (unpaired) electrons. The highest BCUT2D eigenvalue weighted by atomic mass is 15.3. The summed E-state index contributed by atoms with van der Waals surface area (Å²) < 4.78 is 0. The van der Waals surface area contributed by atoms with Crippen LogP contribution < -0.4 is 4.90 Å². The van der Waals surface area contributed by atoms with Crippen molar-refractivity contribution in [3.05, 3.63) is 53.9 Å². The van der Waals surface area contributed by atoms with Gasteiger partial charge in [0.1, 0.15) is 0 Å². The Morgan fingerprint density at radius 2 is 2.00 bits per heavy atom. The van der Waals surface area contributed by atoms with Crippen molar-refractivity contribution in [1.82, 2.24) is 15.0 Å². The van der Waals surface area contributed by atoms with Crippen LogP contribution in [0.2, 0.25) is 0 Å². The number of para-hydroxylation sites is 2. The van der Waals surface area contributed by atoms with E-state index in [-0.39, 0.29) is 0 Å². The highest BCUT2D eigenvalue weighted by Gasteiger charge is 2.29. The number of rotatable bonds is 2. The summed E-state index contributed by atoms with van der Waals surface area (Å²) in [5.41, 5.74) is 4.34. The summed E-state index contributed by atoms with van der Waals surface area (Å²) in [4.78, 5) is 15.2. The van der Waals surface area contributed by atoms with E-state index in [0.717, 1.165) is 41.3 Å². The molecule has 1 N–H and O–H groups in total. The van der Waals surface area contributed by atoms with Gasteiger partial charge in [-0.25, -0.2) is 4.98 Å². The van der Waals surface area contributed by atoms with Crippen molar-refractivity contribution in [2.45, 2.75) is 25.8 Å². The van der Waals surface area contributed by atoms with E-state index in [1.54, 1.807) is 0 Å². The summed E-state index contributed by atoms with van der Waals surface area (Å²) in [7, 11) is 0. The number of aromatic nitrogens is 3. The molecule has 1 aromatic carbocycles. The zero-order valence-corrected chi connectivity index (χ0v) is 12.1. The van der Waals surface area contributed by atoms with Gasteiger partial charge in [-0.05, 0) is 44.0 Å². The first kappa shape index (κ1) is 12.4. The zero-order chi connectivity index (χ0) is 14.2. The highest BCUT2D eigenvalue weighted by molar-refractivity contribution is 5.77. The zero-order valence-electron chi connectivity index (χ0n) is 12.1. The van der Waals surface area contributed by atoms with Crippen LogP contribution in [0.15, 0.2) is 42.5 Å². The van der Waals surface area contributed by atoms with Crippen LogP contribution in [0.5, 0.6) is 0 Å². The van der Waals surface area contributed by atoms with Crippen LogP contribution in [0.1, 0.15) is 30.3 Å². The maximum absolute atomic E-state index is 4.74. The molecular weight excluding hydrogens is 260 g/mol. The first-order valence-electron chi connectivity index (χ1n) is 7.46. The Morgan fingerprint density at radius 3 is 2.86 bits per heavy atom. The second-order valence-electron chi connectivity index (χ2n) is 5.63. The molecule has 0 amide bonds. The molecule has 0 spiro atoms. The van der Waals surface area contributed by atoms with Gasteiger partial charge in [-0.1, -0.05) is 18.2 Å². The van der Waals surface area contributed by atoms with Crippen molar-refractivity contribution in [3.63, 3.8) is 0 Å². The quantitative estimate of drug-likeness (QED) is 0.779. The Balaban J connectivity index is 1.73. The van der Waals surface area contributed by atoms with Gasteiger partial charge in [0.2, 0.25) is 5.95 Å². The summed E-state index contributed by atoms with van der Waals surface area (Å²) in [5, 5.41) is 0. The second kappa shape index (κ2) is 4.88. The van der Waals surface area contributed by atoms with Crippen LogP contribution in [-0.4, -0.2) is 21.5 Å². The first-order chi connectivity index (χ1) is 10.3. The Morgan fingerprint density at radius 1 is 1.10 bits per heavy atom. The van der Waals surface area contributed by atoms with Crippen LogP contribution >= 0.6 is 0 Å². The number of benzene rings is 1. The van der Waals surface area contributed by atoms with E-state index in [1.807, 2.05) is 31.2 Å². The number of fused-ring (bicyclic) bond motifs is 1. The number of imidazole rings is 1. The molecule has 4 heteroatoms. The molecular formula is C17H18N4. The fourth-order valence-corrected chi connectivity index (χ4v) is 3.15. The molecule has 0 saturated carbocycles. The molecule has 1 atom stereocenters. The number of hydrogen-bond donors (Lipinski definition) is 1. The normalized spacial score (nSPS) is 18.5. The fourth-order valence-electron chi connectivity index (χ4n) is 3.15. The van der Waals surface area contributed by atoms with Gasteiger partial charge in [0.25, 0.3) is 0 Å². The Labute approximate surface area is 123 Å². The number of pyridine rings is 1. The number of hydrogen-bond acceptors (Lipinski definition) is 3. The Kier molecular flexibility index (Phi) is 2.88. The maximum Gasteiger partial charge on any atom is 0.204 e. The molecule has 1 aliphatic heterocycles. The van der Waals surface area contributed by atoms with Gasteiger partial charge in [-0.3, -0.25) is 4.98 Å². The molecule has 1 unspecified atom stereocenters. The fraction of sp³-hybridized carbons (Fsp3) is 0.294. The average molecular weight is 278 g/mol. The molecule has 0 bridgehead atoms. The summed E-state index contributed by atoms with van der Waals surface area (Å²) in [6, 6.07) is 14.8. The van der Waals surface area contributed by atoms with Crippen LogP contribution in [-0.2, 0) is 0 Å². The lowest BCUT2D eigenvalue weighted by atomic mass is 10.1. The number of aromatic amines is 1. The first-order valence-corrected chi connectivity index (χ1v) is 7.46. The third kappa shape index (κ3) is 2.17. The lowest BCUT2D eigenvalue weighted by molar-refractivity contribution is 0.681. The molecule has 1 aliphatic rings. The Bertz CT molecular complexity index is 744. The summed E-state index contributed by atoms with van der Waals surface area (Å²) in [6.07, 6.45) is 2.31. The van der Waals surface area contributed by atoms with E-state index in [1.165, 1.54) is 6.42 Å². The molecule has 3 aromatic rings. The molecule has 3 heterocycles. The SMILES string of the molecule is Cc1cccc(C2CCCN2c2nc3ccccc3[nH]2)n1. The monoisotopic (exact) mass is 278 g/mol. The van der Waals surface area contributed by atoms with Crippen LogP contribution in [0.3, 0.4) is 0 Å². The molecule has 21 heavy (non-hydrogen) atoms. The van der Waals surface area contributed by atoms with Crippen molar-refractivity contribution < 1.29 is 0 Å². The third-order valence-corrected chi connectivity index (χ3v) is 4.15. The molecule has 1 saturated heterocycles. The van der Waals surface area contributed by atoms with Crippen molar-refractivity contribution in [1.29, 1.82) is 0 Å². The van der Waals surface area contributed by atoms with Gasteiger partial charge in [0.05, 0.1) is 22.8 Å². The van der Waals surface area contributed by atoms with Crippen molar-refractivity contribution in [2.24, 2.45) is 0 Å². The van der Waals surface area contributed by atoms with Crippen molar-refractivity contribution >= 4 is 17.0 Å². The van der Waals surface area contributed by atoms with Gasteiger partial charge in [-0.15, -0.1) is 0 Å². The molecule has 106 valence electrons. The summed E-state index contributed by atoms with van der Waals surface area (Å²) in [5.74, 6) is 0.960. The van der Waals surface area contributed by atoms with E-state index in [0.29, 0.717) is 6.04 Å². The van der Waals surface area contributed by atoms with Gasteiger partial charge in [0.15, 0.2) is 0 Å². The van der Waals surface area contributed by atoms with Crippen molar-refractivity contribution in [2.75, 3.05) is 11.4 Å². The van der Waals surface area contributed by atoms with Crippen LogP contribution in [0, 0.1) is 6.92 Å². The topological polar surface area (TPSA) is 44.8 Å². The lowest BCUT2D eigenvalue weighted by Gasteiger charge is -2.23. The van der Waals surface area contributed by atoms with E-state index in [2.05, 4.69) is 28.1 Å². The van der Waals surface area contributed by atoms with E-state index in [4.69, 9.17) is 9.97 Å². The average Bonchev–Trinajstić information content (AvgIpc) is 3.13. The van der Waals surface area contributed by atoms with E-state index in [9.17, 15) is 0 Å². The molecule has 4 nitrogen and oxygen atoms in total. The lowest BCUT2D eigenvalue weighted by Crippen LogP contribution is -2.24. The standard InChI is InChI=1S/C17H18N4/c1-12-6-4-9-15(18-12)16-10-5-11-21(16)17-19-13-7-2-3-8-14(13)20-17/h2-4,6-9,16H,5,10-11H2,1H3,(H,19,20). The molecule has 1 fully saturated rings. The van der Waals surface area contributed by atoms with E-state index < -0.39 is 0 Å². The number of nitrogens with one attached hydrogen (secondary N) is 1. The maximum atomic E-state index is 4.74. The minimum absolute atomic E-state index is 0.325. The molecule has 0 aliphatic carbocycles. The van der Waals surface area contributed by atoms with Crippen LogP contribution in [0.25, 0.3) is 11.0 Å². The smallest absolute Gasteiger partial charge is 0.204 e. The van der Waals surface area contributed by atoms with Gasteiger partial charge in [-0.2, -0.15) is 0 Å². The largest absolute Gasteiger partial charge is 0.334 e. The summed E-state index contributed by atoms with van der Waals surface area (Å²) in [6.45, 7) is 3.07. The number of aryl methyl sites for hydroxylation is 1. The van der Waals surface area contributed by atoms with Gasteiger partial charge < -0.3 is 9.88 Å². The minimum Gasteiger partial charge on any atom is -0.334 e. The summed E-state index contributed by atoms with van der Waals surface area (Å²) >= 11 is 0. The molecule has 4 rings (SSSR count). The number of anilines is 1. The molecule has 2 aromatic heterocycles. The third-order valence-electron chi connectivity index (χ3n) is 4.15.